The highest BCUT2D eigenvalue weighted by atomic mass is 16.4. The number of furan rings is 1. The van der Waals surface area contributed by atoms with Crippen LogP contribution in [0.3, 0.4) is 0 Å². The molecule has 6 heteroatoms. The van der Waals surface area contributed by atoms with Crippen LogP contribution in [0.5, 0.6) is 0 Å². The lowest BCUT2D eigenvalue weighted by molar-refractivity contribution is -0.125. The summed E-state index contributed by atoms with van der Waals surface area (Å²) in [6.45, 7) is 0.227. The van der Waals surface area contributed by atoms with Crippen LogP contribution in [0.15, 0.2) is 22.9 Å². The number of nitrogens with zero attached hydrogens (tertiary/aromatic N) is 1. The molecule has 6 nitrogen and oxygen atoms in total. The summed E-state index contributed by atoms with van der Waals surface area (Å²) in [6.07, 6.45) is 4.06. The molecule has 0 bridgehead atoms. The summed E-state index contributed by atoms with van der Waals surface area (Å²) in [4.78, 5) is 19.5. The highest BCUT2D eigenvalue weighted by Gasteiger charge is 2.26. The number of rotatable bonds is 4. The predicted octanol–water partition coefficient (Wildman–Crippen LogP) is 0.916. The molecule has 2 heterocycles. The zero-order chi connectivity index (χ0) is 13.9. The van der Waals surface area contributed by atoms with Gasteiger partial charge in [-0.15, -0.1) is 0 Å². The van der Waals surface area contributed by atoms with E-state index < -0.39 is 0 Å². The highest BCUT2D eigenvalue weighted by Crippen LogP contribution is 2.23. The highest BCUT2D eigenvalue weighted by molar-refractivity contribution is 5.79. The monoisotopic (exact) mass is 275 g/mol. The first-order valence-corrected chi connectivity index (χ1v) is 6.73. The standard InChI is InChI=1S/C14H17N3O3/c18-7-11-3-2-10(20-11)6-15-14(19)9-1-4-12-13(5-9)17-8-16-12/h2-3,8-9,18H,1,4-7H2,(H,15,19)(H,16,17)/t9-/m0/s1. The molecule has 1 atom stereocenters. The predicted molar refractivity (Wildman–Crippen MR) is 70.6 cm³/mol. The molecule has 0 aromatic carbocycles. The molecule has 0 spiro atoms. The first-order chi connectivity index (χ1) is 9.76. The van der Waals surface area contributed by atoms with Gasteiger partial charge in [0, 0.05) is 18.0 Å². The zero-order valence-corrected chi connectivity index (χ0v) is 11.1. The fourth-order valence-electron chi connectivity index (χ4n) is 2.55. The van der Waals surface area contributed by atoms with Crippen LogP contribution >= 0.6 is 0 Å². The normalized spacial score (nSPS) is 17.8. The van der Waals surface area contributed by atoms with Crippen molar-refractivity contribution in [2.45, 2.75) is 32.4 Å². The Balaban J connectivity index is 1.55. The van der Waals surface area contributed by atoms with E-state index in [1.165, 1.54) is 0 Å². The lowest BCUT2D eigenvalue weighted by Gasteiger charge is -2.20. The molecular formula is C14H17N3O3. The van der Waals surface area contributed by atoms with Crippen LogP contribution in [0.25, 0.3) is 0 Å². The third kappa shape index (κ3) is 2.60. The quantitative estimate of drug-likeness (QED) is 0.773. The van der Waals surface area contributed by atoms with Crippen molar-refractivity contribution in [1.82, 2.24) is 15.3 Å². The zero-order valence-electron chi connectivity index (χ0n) is 11.1. The molecule has 3 N–H and O–H groups in total. The minimum Gasteiger partial charge on any atom is -0.462 e. The van der Waals surface area contributed by atoms with E-state index in [2.05, 4.69) is 15.3 Å². The fourth-order valence-corrected chi connectivity index (χ4v) is 2.55. The summed E-state index contributed by atoms with van der Waals surface area (Å²) in [6, 6.07) is 3.47. The van der Waals surface area contributed by atoms with Crippen molar-refractivity contribution >= 4 is 5.91 Å². The van der Waals surface area contributed by atoms with Crippen molar-refractivity contribution in [1.29, 1.82) is 0 Å². The van der Waals surface area contributed by atoms with Gasteiger partial charge in [0.2, 0.25) is 5.91 Å². The second-order valence-corrected chi connectivity index (χ2v) is 5.01. The van der Waals surface area contributed by atoms with E-state index in [0.717, 1.165) is 24.2 Å². The van der Waals surface area contributed by atoms with Gasteiger partial charge in [-0.05, 0) is 25.0 Å². The third-order valence-corrected chi connectivity index (χ3v) is 3.67. The maximum absolute atomic E-state index is 12.1. The first-order valence-electron chi connectivity index (χ1n) is 6.73. The van der Waals surface area contributed by atoms with Gasteiger partial charge in [-0.1, -0.05) is 0 Å². The number of nitrogens with one attached hydrogen (secondary N) is 2. The smallest absolute Gasteiger partial charge is 0.223 e. The van der Waals surface area contributed by atoms with Crippen LogP contribution in [0.1, 0.15) is 29.3 Å². The molecule has 0 unspecified atom stereocenters. The molecule has 0 fully saturated rings. The van der Waals surface area contributed by atoms with Crippen LogP contribution < -0.4 is 5.32 Å². The van der Waals surface area contributed by atoms with Gasteiger partial charge in [-0.25, -0.2) is 4.98 Å². The van der Waals surface area contributed by atoms with Crippen LogP contribution in [-0.2, 0) is 30.8 Å². The molecule has 2 aromatic rings. The van der Waals surface area contributed by atoms with E-state index >= 15 is 0 Å². The topological polar surface area (TPSA) is 91.2 Å². The maximum atomic E-state index is 12.1. The van der Waals surface area contributed by atoms with E-state index in [1.807, 2.05) is 0 Å². The van der Waals surface area contributed by atoms with Gasteiger partial charge in [-0.3, -0.25) is 4.79 Å². The number of aliphatic hydroxyl groups excluding tert-OH is 1. The Morgan fingerprint density at radius 1 is 1.50 bits per heavy atom. The van der Waals surface area contributed by atoms with Gasteiger partial charge < -0.3 is 19.8 Å². The molecule has 20 heavy (non-hydrogen) atoms. The van der Waals surface area contributed by atoms with Crippen LogP contribution in [0, 0.1) is 5.92 Å². The number of fused-ring (bicyclic) bond motifs is 1. The Labute approximate surface area is 116 Å². The molecule has 0 saturated heterocycles. The van der Waals surface area contributed by atoms with Gasteiger partial charge in [0.15, 0.2) is 0 Å². The van der Waals surface area contributed by atoms with Crippen molar-refractivity contribution in [2.75, 3.05) is 0 Å². The fraction of sp³-hybridized carbons (Fsp3) is 0.429. The van der Waals surface area contributed by atoms with E-state index in [1.54, 1.807) is 18.5 Å². The van der Waals surface area contributed by atoms with Crippen molar-refractivity contribution in [3.8, 4) is 0 Å². The average Bonchev–Trinajstić information content (AvgIpc) is 3.12. The number of aromatic amines is 1. The SMILES string of the molecule is O=C(NCc1ccc(CO)o1)[C@H]1CCc2nc[nH]c2C1. The third-order valence-electron chi connectivity index (χ3n) is 3.67. The number of carbonyl (C=O) groups is 1. The largest absolute Gasteiger partial charge is 0.462 e. The van der Waals surface area contributed by atoms with E-state index in [9.17, 15) is 4.79 Å². The molecule has 1 aliphatic carbocycles. The lowest BCUT2D eigenvalue weighted by Crippen LogP contribution is -2.33. The van der Waals surface area contributed by atoms with E-state index in [0.29, 0.717) is 24.5 Å². The summed E-state index contributed by atoms with van der Waals surface area (Å²) >= 11 is 0. The Morgan fingerprint density at radius 3 is 3.15 bits per heavy atom. The lowest BCUT2D eigenvalue weighted by atomic mass is 9.89. The number of hydrogen-bond acceptors (Lipinski definition) is 4. The van der Waals surface area contributed by atoms with Gasteiger partial charge >= 0.3 is 0 Å². The number of aliphatic hydroxyl groups is 1. The molecule has 2 aromatic heterocycles. The number of H-pyrrole nitrogens is 1. The second-order valence-electron chi connectivity index (χ2n) is 5.01. The van der Waals surface area contributed by atoms with E-state index in [4.69, 9.17) is 9.52 Å². The van der Waals surface area contributed by atoms with E-state index in [-0.39, 0.29) is 18.4 Å². The summed E-state index contributed by atoms with van der Waals surface area (Å²) in [7, 11) is 0. The van der Waals surface area contributed by atoms with Crippen molar-refractivity contribution < 1.29 is 14.3 Å². The summed E-state index contributed by atoms with van der Waals surface area (Å²) in [5.41, 5.74) is 2.14. The Hall–Kier alpha value is -2.08. The van der Waals surface area contributed by atoms with Crippen LogP contribution in [0.2, 0.25) is 0 Å². The second kappa shape index (κ2) is 5.50. The first kappa shape index (κ1) is 12.9. The Bertz CT molecular complexity index is 602. The number of hydrogen-bond donors (Lipinski definition) is 3. The molecule has 3 rings (SSSR count). The minimum atomic E-state index is -0.126. The molecule has 106 valence electrons. The maximum Gasteiger partial charge on any atom is 0.223 e. The number of carbonyl (C=O) groups excluding carboxylic acids is 1. The molecule has 0 saturated carbocycles. The Kier molecular flexibility index (Phi) is 3.56. The van der Waals surface area contributed by atoms with Crippen LogP contribution in [-0.4, -0.2) is 21.0 Å². The van der Waals surface area contributed by atoms with Crippen molar-refractivity contribution in [2.24, 2.45) is 5.92 Å². The van der Waals surface area contributed by atoms with Gasteiger partial charge in [-0.2, -0.15) is 0 Å². The van der Waals surface area contributed by atoms with Crippen molar-refractivity contribution in [3.05, 3.63) is 41.4 Å². The summed E-state index contributed by atoms with van der Waals surface area (Å²) in [5, 5.41) is 11.8. The molecule has 1 amide bonds. The number of aromatic nitrogens is 2. The molecule has 0 radical (unpaired) electrons. The molecule has 1 aliphatic rings. The Morgan fingerprint density at radius 2 is 2.35 bits per heavy atom. The number of amides is 1. The minimum absolute atomic E-state index is 0.0183. The van der Waals surface area contributed by atoms with Gasteiger partial charge in [0.1, 0.15) is 18.1 Å². The van der Waals surface area contributed by atoms with Crippen molar-refractivity contribution in [3.63, 3.8) is 0 Å². The molecular weight excluding hydrogens is 258 g/mol. The number of imidazole rings is 1. The van der Waals surface area contributed by atoms with Gasteiger partial charge in [0.05, 0.1) is 18.6 Å². The molecule has 0 aliphatic heterocycles. The van der Waals surface area contributed by atoms with Crippen LogP contribution in [0.4, 0.5) is 0 Å². The number of aryl methyl sites for hydroxylation is 1. The summed E-state index contributed by atoms with van der Waals surface area (Å²) in [5.74, 6) is 1.18. The summed E-state index contributed by atoms with van der Waals surface area (Å²) < 4.78 is 5.33. The van der Waals surface area contributed by atoms with Gasteiger partial charge in [0.25, 0.3) is 0 Å². The average molecular weight is 275 g/mol.